The molecule has 17 nitrogen and oxygen atoms in total. The van der Waals surface area contributed by atoms with E-state index in [0.29, 0.717) is 0 Å². The molecule has 0 bridgehead atoms. The Morgan fingerprint density at radius 3 is 1.76 bits per heavy atom. The third-order valence-corrected chi connectivity index (χ3v) is 5.68. The van der Waals surface area contributed by atoms with Crippen LogP contribution in [-0.2, 0) is 61.9 Å². The molecule has 0 aromatic heterocycles. The number of carbonyl (C=O) groups excluding carboxylic acids is 7. The fraction of sp³-hybridized carbons (Fsp3) is 0.750. The van der Waals surface area contributed by atoms with Crippen molar-refractivity contribution < 1.29 is 71.8 Å². The van der Waals surface area contributed by atoms with Gasteiger partial charge in [-0.25, -0.2) is 9.59 Å². The Morgan fingerprint density at radius 2 is 1.29 bits per heavy atom. The predicted molar refractivity (Wildman–Crippen MR) is 150 cm³/mol. The van der Waals surface area contributed by atoms with Crippen LogP contribution in [0, 0.1) is 5.92 Å². The van der Waals surface area contributed by atoms with E-state index in [1.54, 1.807) is 34.6 Å². The summed E-state index contributed by atoms with van der Waals surface area (Å²) in [4.78, 5) is 86.1. The molecule has 45 heavy (non-hydrogen) atoms. The maximum absolute atomic E-state index is 13.1. The monoisotopic (exact) mass is 648 g/mol. The molecule has 1 fully saturated rings. The topological polar surface area (TPSA) is 228 Å². The molecular weight excluding hydrogens is 604 g/mol. The van der Waals surface area contributed by atoms with Crippen LogP contribution in [-0.4, -0.2) is 109 Å². The molecular formula is C28H44N2O15. The smallest absolute Gasteiger partial charge is 0.410 e. The third kappa shape index (κ3) is 14.1. The van der Waals surface area contributed by atoms with E-state index in [4.69, 9.17) is 33.2 Å². The van der Waals surface area contributed by atoms with Crippen molar-refractivity contribution in [3.05, 3.63) is 0 Å². The minimum absolute atomic E-state index is 0.0476. The summed E-state index contributed by atoms with van der Waals surface area (Å²) in [6.07, 6.45) is -9.17. The van der Waals surface area contributed by atoms with Gasteiger partial charge in [0.15, 0.2) is 18.2 Å². The van der Waals surface area contributed by atoms with Gasteiger partial charge >= 0.3 is 35.9 Å². The highest BCUT2D eigenvalue weighted by Gasteiger charge is 2.54. The SMILES string of the molecule is CC(=O)OC[C@H]1O[C@@H](OC(=O)N[C@@H](CC(C)C)C(=O)N[C@@H](CO)C(=O)OC(C)(C)C)[C@H](OC(C)=O)[C@@H](OC(C)=O)[C@H]1OC(C)=O. The number of carbonyl (C=O) groups is 7. The lowest BCUT2D eigenvalue weighted by Crippen LogP contribution is -2.63. The zero-order valence-corrected chi connectivity index (χ0v) is 26.9. The molecule has 0 unspecified atom stereocenters. The van der Waals surface area contributed by atoms with Crippen molar-refractivity contribution in [3.8, 4) is 0 Å². The Hall–Kier alpha value is -3.99. The maximum atomic E-state index is 13.1. The Kier molecular flexibility index (Phi) is 15.2. The largest absolute Gasteiger partial charge is 0.463 e. The third-order valence-electron chi connectivity index (χ3n) is 5.68. The van der Waals surface area contributed by atoms with Crippen LogP contribution in [0.2, 0.25) is 0 Å². The molecule has 0 aromatic rings. The Labute approximate surface area is 260 Å². The van der Waals surface area contributed by atoms with Crippen molar-refractivity contribution in [1.82, 2.24) is 10.6 Å². The van der Waals surface area contributed by atoms with Crippen LogP contribution in [0.3, 0.4) is 0 Å². The van der Waals surface area contributed by atoms with Crippen molar-refractivity contribution in [2.45, 2.75) is 117 Å². The summed E-state index contributed by atoms with van der Waals surface area (Å²) in [5, 5.41) is 14.4. The number of nitrogens with one attached hydrogen (secondary N) is 2. The fourth-order valence-electron chi connectivity index (χ4n) is 4.09. The number of alkyl carbamates (subject to hydrolysis) is 1. The summed E-state index contributed by atoms with van der Waals surface area (Å²) in [5.74, 6) is -5.31. The van der Waals surface area contributed by atoms with Crippen LogP contribution >= 0.6 is 0 Å². The van der Waals surface area contributed by atoms with E-state index in [-0.39, 0.29) is 12.3 Å². The number of amides is 2. The molecule has 0 spiro atoms. The lowest BCUT2D eigenvalue weighted by Gasteiger charge is -2.43. The van der Waals surface area contributed by atoms with Gasteiger partial charge in [0.25, 0.3) is 0 Å². The van der Waals surface area contributed by atoms with E-state index >= 15 is 0 Å². The molecule has 3 N–H and O–H groups in total. The van der Waals surface area contributed by atoms with E-state index in [9.17, 15) is 38.7 Å². The van der Waals surface area contributed by atoms with Crippen molar-refractivity contribution in [2.75, 3.05) is 13.2 Å². The number of hydrogen-bond donors (Lipinski definition) is 3. The first-order chi connectivity index (χ1) is 20.7. The van der Waals surface area contributed by atoms with E-state index in [2.05, 4.69) is 10.6 Å². The van der Waals surface area contributed by atoms with E-state index in [0.717, 1.165) is 27.7 Å². The highest BCUT2D eigenvalue weighted by Crippen LogP contribution is 2.30. The first-order valence-corrected chi connectivity index (χ1v) is 14.2. The molecule has 1 aliphatic rings. The van der Waals surface area contributed by atoms with Crippen LogP contribution in [0.1, 0.15) is 68.7 Å². The van der Waals surface area contributed by atoms with Crippen molar-refractivity contribution in [1.29, 1.82) is 0 Å². The summed E-state index contributed by atoms with van der Waals surface area (Å²) in [6, 6.07) is -2.75. The van der Waals surface area contributed by atoms with Gasteiger partial charge in [-0.2, -0.15) is 0 Å². The van der Waals surface area contributed by atoms with Gasteiger partial charge in [-0.05, 0) is 33.1 Å². The quantitative estimate of drug-likeness (QED) is 0.177. The molecule has 17 heteroatoms. The first kappa shape index (κ1) is 39.0. The predicted octanol–water partition coefficient (Wildman–Crippen LogP) is 0.0292. The molecule has 1 aliphatic heterocycles. The van der Waals surface area contributed by atoms with E-state index in [1.165, 1.54) is 0 Å². The summed E-state index contributed by atoms with van der Waals surface area (Å²) in [7, 11) is 0. The summed E-state index contributed by atoms with van der Waals surface area (Å²) < 4.78 is 37.1. The average molecular weight is 649 g/mol. The molecule has 0 radical (unpaired) electrons. The zero-order chi connectivity index (χ0) is 34.6. The van der Waals surface area contributed by atoms with Gasteiger partial charge in [0, 0.05) is 27.7 Å². The molecule has 7 atom stereocenters. The van der Waals surface area contributed by atoms with Gasteiger partial charge in [-0.15, -0.1) is 0 Å². The molecule has 1 rings (SSSR count). The van der Waals surface area contributed by atoms with Crippen molar-refractivity contribution in [2.24, 2.45) is 5.92 Å². The highest BCUT2D eigenvalue weighted by molar-refractivity contribution is 5.89. The summed E-state index contributed by atoms with van der Waals surface area (Å²) in [5.41, 5.74) is -0.904. The minimum Gasteiger partial charge on any atom is -0.463 e. The minimum atomic E-state index is -1.83. The van der Waals surface area contributed by atoms with Crippen LogP contribution in [0.15, 0.2) is 0 Å². The van der Waals surface area contributed by atoms with Crippen molar-refractivity contribution >= 4 is 41.8 Å². The average Bonchev–Trinajstić information content (AvgIpc) is 2.86. The van der Waals surface area contributed by atoms with Crippen LogP contribution in [0.5, 0.6) is 0 Å². The molecule has 0 aromatic carbocycles. The Bertz CT molecular complexity index is 1090. The highest BCUT2D eigenvalue weighted by atomic mass is 16.8. The lowest BCUT2D eigenvalue weighted by molar-refractivity contribution is -0.294. The summed E-state index contributed by atoms with van der Waals surface area (Å²) in [6.45, 7) is 11.2. The zero-order valence-electron chi connectivity index (χ0n) is 26.9. The second-order valence-corrected chi connectivity index (χ2v) is 11.6. The molecule has 0 aliphatic carbocycles. The molecule has 0 saturated carbocycles. The molecule has 2 amide bonds. The second kappa shape index (κ2) is 17.5. The number of esters is 5. The van der Waals surface area contributed by atoms with Crippen LogP contribution < -0.4 is 10.6 Å². The second-order valence-electron chi connectivity index (χ2n) is 11.6. The van der Waals surface area contributed by atoms with Gasteiger partial charge in [0.05, 0.1) is 6.61 Å². The normalized spacial score (nSPS) is 22.6. The molecule has 1 saturated heterocycles. The van der Waals surface area contributed by atoms with Gasteiger partial charge in [0.2, 0.25) is 18.3 Å². The number of hydrogen-bond acceptors (Lipinski definition) is 15. The van der Waals surface area contributed by atoms with Crippen LogP contribution in [0.4, 0.5) is 4.79 Å². The number of aliphatic hydroxyl groups is 1. The Morgan fingerprint density at radius 1 is 0.756 bits per heavy atom. The summed E-state index contributed by atoms with van der Waals surface area (Å²) >= 11 is 0. The van der Waals surface area contributed by atoms with E-state index < -0.39 is 103 Å². The van der Waals surface area contributed by atoms with E-state index in [1.807, 2.05) is 0 Å². The number of rotatable bonds is 13. The van der Waals surface area contributed by atoms with Gasteiger partial charge in [0.1, 0.15) is 24.4 Å². The standard InChI is InChI=1S/C28H44N2O15/c1-13(2)10-18(24(36)29-19(11-31)25(37)45-28(7,8)9)30-27(38)44-26-23(42-17(6)35)22(41-16(5)34)21(40-15(4)33)20(43-26)12-39-14(3)32/h13,18-23,26,31H,10-12H2,1-9H3,(H,29,36)(H,30,38)/t18-,19-,20+,21-,22-,23+,26-/m0/s1. The number of aliphatic hydroxyl groups excluding tert-OH is 1. The lowest BCUT2D eigenvalue weighted by atomic mass is 9.98. The van der Waals surface area contributed by atoms with Gasteiger partial charge in [-0.1, -0.05) is 13.8 Å². The maximum Gasteiger partial charge on any atom is 0.410 e. The van der Waals surface area contributed by atoms with Gasteiger partial charge in [-0.3, -0.25) is 24.0 Å². The first-order valence-electron chi connectivity index (χ1n) is 14.2. The molecule has 256 valence electrons. The number of ether oxygens (including phenoxy) is 7. The molecule has 1 heterocycles. The fourth-order valence-corrected chi connectivity index (χ4v) is 4.09. The van der Waals surface area contributed by atoms with Gasteiger partial charge < -0.3 is 48.9 Å². The van der Waals surface area contributed by atoms with Crippen LogP contribution in [0.25, 0.3) is 0 Å². The van der Waals surface area contributed by atoms with Crippen molar-refractivity contribution in [3.63, 3.8) is 0 Å². The Balaban J connectivity index is 3.33.